The van der Waals surface area contributed by atoms with Crippen molar-refractivity contribution in [2.75, 3.05) is 13.6 Å². The van der Waals surface area contributed by atoms with E-state index >= 15 is 0 Å². The lowest BCUT2D eigenvalue weighted by Crippen LogP contribution is -2.46. The minimum Gasteiger partial charge on any atom is -0.480 e. The summed E-state index contributed by atoms with van der Waals surface area (Å²) in [7, 11) is 1.25. The third kappa shape index (κ3) is 3.61. The van der Waals surface area contributed by atoms with Crippen LogP contribution in [-0.4, -0.2) is 63.7 Å². The van der Waals surface area contributed by atoms with E-state index in [4.69, 9.17) is 10.2 Å². The maximum atomic E-state index is 11.7. The zero-order chi connectivity index (χ0) is 15.4. The molecule has 1 saturated heterocycles. The van der Waals surface area contributed by atoms with Crippen molar-refractivity contribution in [3.63, 3.8) is 0 Å². The summed E-state index contributed by atoms with van der Waals surface area (Å²) in [5.41, 5.74) is 0. The maximum absolute atomic E-state index is 11.7. The molecule has 1 aliphatic heterocycles. The fraction of sp³-hybridized carbons (Fsp3) is 0.769. The van der Waals surface area contributed by atoms with Gasteiger partial charge in [-0.3, -0.25) is 9.69 Å². The number of nitrogens with zero attached hydrogens (tertiary/aromatic N) is 2. The topological polar surface area (TPSA) is 98.2 Å². The van der Waals surface area contributed by atoms with Crippen molar-refractivity contribution in [3.8, 4) is 0 Å². The second-order valence-corrected chi connectivity index (χ2v) is 5.39. The van der Waals surface area contributed by atoms with Crippen molar-refractivity contribution in [2.24, 2.45) is 5.92 Å². The van der Waals surface area contributed by atoms with Gasteiger partial charge in [-0.1, -0.05) is 6.92 Å². The number of likely N-dealkylation sites (N-methyl/N-ethyl adjacent to an activating group) is 1. The van der Waals surface area contributed by atoms with Crippen LogP contribution in [0.25, 0.3) is 0 Å². The fourth-order valence-corrected chi connectivity index (χ4v) is 2.51. The smallest absolute Gasteiger partial charge is 0.407 e. The van der Waals surface area contributed by atoms with E-state index in [1.807, 2.05) is 13.8 Å². The SMILES string of the molecule is CC(CC(C(=O)O)N(C)C(=O)O)C(C)N1CCCC1=O. The Morgan fingerprint density at radius 2 is 1.95 bits per heavy atom. The lowest BCUT2D eigenvalue weighted by atomic mass is 9.93. The van der Waals surface area contributed by atoms with Crippen LogP contribution in [0.3, 0.4) is 0 Å². The van der Waals surface area contributed by atoms with E-state index in [1.54, 1.807) is 4.90 Å². The van der Waals surface area contributed by atoms with E-state index in [0.29, 0.717) is 13.0 Å². The molecule has 2 N–H and O–H groups in total. The van der Waals surface area contributed by atoms with E-state index in [1.165, 1.54) is 7.05 Å². The number of carboxylic acids is 1. The minimum atomic E-state index is -1.27. The van der Waals surface area contributed by atoms with Crippen LogP contribution in [0, 0.1) is 5.92 Å². The molecule has 114 valence electrons. The average Bonchev–Trinajstić information content (AvgIpc) is 2.79. The molecule has 1 aliphatic rings. The normalized spacial score (nSPS) is 19.6. The van der Waals surface area contributed by atoms with E-state index < -0.39 is 18.1 Å². The molecule has 0 aromatic rings. The highest BCUT2D eigenvalue weighted by molar-refractivity contribution is 5.79. The molecule has 0 radical (unpaired) electrons. The van der Waals surface area contributed by atoms with Crippen molar-refractivity contribution >= 4 is 18.0 Å². The number of hydrogen-bond acceptors (Lipinski definition) is 3. The van der Waals surface area contributed by atoms with Gasteiger partial charge in [-0.05, 0) is 25.7 Å². The molecule has 2 amide bonds. The summed E-state index contributed by atoms with van der Waals surface area (Å²) in [4.78, 5) is 36.4. The molecule has 0 spiro atoms. The predicted molar refractivity (Wildman–Crippen MR) is 71.4 cm³/mol. The number of hydrogen-bond donors (Lipinski definition) is 2. The highest BCUT2D eigenvalue weighted by atomic mass is 16.4. The van der Waals surface area contributed by atoms with Crippen LogP contribution in [0.15, 0.2) is 0 Å². The number of carboxylic acid groups (broad SMARTS) is 2. The molecule has 1 rings (SSSR count). The van der Waals surface area contributed by atoms with Gasteiger partial charge in [0.25, 0.3) is 0 Å². The number of rotatable bonds is 6. The molecule has 0 bridgehead atoms. The second-order valence-electron chi connectivity index (χ2n) is 5.39. The highest BCUT2D eigenvalue weighted by Crippen LogP contribution is 2.23. The molecule has 20 heavy (non-hydrogen) atoms. The minimum absolute atomic E-state index is 0.0859. The van der Waals surface area contributed by atoms with Gasteiger partial charge in [0.05, 0.1) is 0 Å². The molecule has 7 nitrogen and oxygen atoms in total. The van der Waals surface area contributed by atoms with Crippen LogP contribution in [-0.2, 0) is 9.59 Å². The van der Waals surface area contributed by atoms with E-state index in [9.17, 15) is 14.4 Å². The first-order valence-electron chi connectivity index (χ1n) is 6.73. The Balaban J connectivity index is 2.70. The van der Waals surface area contributed by atoms with Gasteiger partial charge in [-0.25, -0.2) is 9.59 Å². The standard InChI is InChI=1S/C13H22N2O5/c1-8(9(2)15-6-4-5-11(15)16)7-10(12(17)18)14(3)13(19)20/h8-10H,4-7H2,1-3H3,(H,17,18)(H,19,20). The fourth-order valence-electron chi connectivity index (χ4n) is 2.51. The maximum Gasteiger partial charge on any atom is 0.407 e. The van der Waals surface area contributed by atoms with Crippen LogP contribution in [0.5, 0.6) is 0 Å². The summed E-state index contributed by atoms with van der Waals surface area (Å²) in [6.45, 7) is 4.42. The van der Waals surface area contributed by atoms with Crippen LogP contribution in [0.1, 0.15) is 33.1 Å². The molecule has 0 saturated carbocycles. The highest BCUT2D eigenvalue weighted by Gasteiger charge is 2.33. The molecule has 1 fully saturated rings. The molecule has 0 aromatic heterocycles. The number of carbonyl (C=O) groups excluding carboxylic acids is 1. The van der Waals surface area contributed by atoms with Gasteiger partial charge in [0.2, 0.25) is 5.91 Å². The molecule has 0 aromatic carbocycles. The van der Waals surface area contributed by atoms with Crippen molar-refractivity contribution in [2.45, 2.75) is 45.2 Å². The Bertz CT molecular complexity index is 398. The Morgan fingerprint density at radius 3 is 2.35 bits per heavy atom. The summed E-state index contributed by atoms with van der Waals surface area (Å²) in [5.74, 6) is -1.18. The molecule has 3 unspecified atom stereocenters. The van der Waals surface area contributed by atoms with Gasteiger partial charge in [0.1, 0.15) is 6.04 Å². The van der Waals surface area contributed by atoms with E-state index in [-0.39, 0.29) is 24.3 Å². The lowest BCUT2D eigenvalue weighted by molar-refractivity contribution is -0.143. The Labute approximate surface area is 118 Å². The Hall–Kier alpha value is -1.79. The number of amides is 2. The predicted octanol–water partition coefficient (Wildman–Crippen LogP) is 1.09. The zero-order valence-electron chi connectivity index (χ0n) is 12.1. The van der Waals surface area contributed by atoms with E-state index in [0.717, 1.165) is 11.3 Å². The first-order valence-corrected chi connectivity index (χ1v) is 6.73. The van der Waals surface area contributed by atoms with Gasteiger partial charge >= 0.3 is 12.1 Å². The largest absolute Gasteiger partial charge is 0.480 e. The molecule has 3 atom stereocenters. The summed E-state index contributed by atoms with van der Waals surface area (Å²) in [6.07, 6.45) is 0.277. The number of likely N-dealkylation sites (tertiary alicyclic amines) is 1. The summed E-state index contributed by atoms with van der Waals surface area (Å²) < 4.78 is 0. The monoisotopic (exact) mass is 286 g/mol. The zero-order valence-corrected chi connectivity index (χ0v) is 12.1. The summed E-state index contributed by atoms with van der Waals surface area (Å²) >= 11 is 0. The lowest BCUT2D eigenvalue weighted by Gasteiger charge is -2.32. The number of carbonyl (C=O) groups is 3. The van der Waals surface area contributed by atoms with Gasteiger partial charge in [-0.2, -0.15) is 0 Å². The van der Waals surface area contributed by atoms with Gasteiger partial charge in [-0.15, -0.1) is 0 Å². The number of aliphatic carboxylic acids is 1. The van der Waals surface area contributed by atoms with Crippen molar-refractivity contribution < 1.29 is 24.6 Å². The molecular weight excluding hydrogens is 264 g/mol. The van der Waals surface area contributed by atoms with Crippen LogP contribution < -0.4 is 0 Å². The van der Waals surface area contributed by atoms with E-state index in [2.05, 4.69) is 0 Å². The van der Waals surface area contributed by atoms with Gasteiger partial charge in [0, 0.05) is 26.1 Å². The molecule has 7 heteroatoms. The van der Waals surface area contributed by atoms with Crippen molar-refractivity contribution in [1.82, 2.24) is 9.80 Å². The van der Waals surface area contributed by atoms with Crippen molar-refractivity contribution in [1.29, 1.82) is 0 Å². The summed E-state index contributed by atoms with van der Waals surface area (Å²) in [6, 6.07) is -1.18. The van der Waals surface area contributed by atoms with Crippen molar-refractivity contribution in [3.05, 3.63) is 0 Å². The Morgan fingerprint density at radius 1 is 1.35 bits per heavy atom. The molecular formula is C13H22N2O5. The third-order valence-corrected chi connectivity index (χ3v) is 4.07. The first kappa shape index (κ1) is 16.3. The second kappa shape index (κ2) is 6.58. The molecule has 1 heterocycles. The quantitative estimate of drug-likeness (QED) is 0.761. The molecule has 0 aliphatic carbocycles. The van der Waals surface area contributed by atoms with Crippen LogP contribution in [0.2, 0.25) is 0 Å². The van der Waals surface area contributed by atoms with Crippen LogP contribution in [0.4, 0.5) is 4.79 Å². The third-order valence-electron chi connectivity index (χ3n) is 4.07. The average molecular weight is 286 g/mol. The first-order chi connectivity index (χ1) is 9.25. The van der Waals surface area contributed by atoms with Gasteiger partial charge < -0.3 is 15.1 Å². The van der Waals surface area contributed by atoms with Crippen LogP contribution >= 0.6 is 0 Å². The summed E-state index contributed by atoms with van der Waals surface area (Å²) in [5, 5.41) is 18.1. The Kier molecular flexibility index (Phi) is 5.35. The van der Waals surface area contributed by atoms with Gasteiger partial charge in [0.15, 0.2) is 0 Å².